The van der Waals surface area contributed by atoms with Gasteiger partial charge >= 0.3 is 0 Å². The Morgan fingerprint density at radius 3 is 2.91 bits per heavy atom. The Kier molecular flexibility index (Phi) is 4.49. The van der Waals surface area contributed by atoms with Gasteiger partial charge in [-0.1, -0.05) is 6.07 Å². The van der Waals surface area contributed by atoms with Crippen LogP contribution in [0.15, 0.2) is 18.2 Å². The summed E-state index contributed by atoms with van der Waals surface area (Å²) in [5.74, 6) is 1.54. The molecule has 1 fully saturated rings. The van der Waals surface area contributed by atoms with E-state index in [9.17, 15) is 4.79 Å². The highest BCUT2D eigenvalue weighted by molar-refractivity contribution is 5.83. The van der Waals surface area contributed by atoms with Gasteiger partial charge in [0.25, 0.3) is 0 Å². The first-order valence-corrected chi connectivity index (χ1v) is 7.60. The summed E-state index contributed by atoms with van der Waals surface area (Å²) in [6, 6.07) is 5.76. The SMILES string of the molecule is COCC1(C(=O)NCc2ccc3c(c2)OCCO3)CCNC1. The average Bonchev–Trinajstić information content (AvgIpc) is 3.02. The Labute approximate surface area is 130 Å². The van der Waals surface area contributed by atoms with E-state index in [4.69, 9.17) is 14.2 Å². The van der Waals surface area contributed by atoms with E-state index in [0.717, 1.165) is 30.0 Å². The topological polar surface area (TPSA) is 68.8 Å². The van der Waals surface area contributed by atoms with Crippen LogP contribution in [0.2, 0.25) is 0 Å². The third-order valence-electron chi connectivity index (χ3n) is 4.21. The number of hydrogen-bond acceptors (Lipinski definition) is 5. The standard InChI is InChI=1S/C16H22N2O4/c1-20-11-16(4-5-17-10-16)15(19)18-9-12-2-3-13-14(8-12)22-7-6-21-13/h2-3,8,17H,4-7,9-11H2,1H3,(H,18,19). The smallest absolute Gasteiger partial charge is 0.230 e. The Morgan fingerprint density at radius 1 is 1.36 bits per heavy atom. The van der Waals surface area contributed by atoms with Crippen molar-refractivity contribution in [3.05, 3.63) is 23.8 Å². The van der Waals surface area contributed by atoms with Crippen LogP contribution in [0.25, 0.3) is 0 Å². The average molecular weight is 306 g/mol. The Hall–Kier alpha value is -1.79. The van der Waals surface area contributed by atoms with Gasteiger partial charge in [0.1, 0.15) is 13.2 Å². The molecule has 1 atom stereocenters. The zero-order valence-corrected chi connectivity index (χ0v) is 12.8. The first-order chi connectivity index (χ1) is 10.7. The number of amides is 1. The highest BCUT2D eigenvalue weighted by Crippen LogP contribution is 2.31. The predicted molar refractivity (Wildman–Crippen MR) is 81.1 cm³/mol. The molecule has 0 bridgehead atoms. The van der Waals surface area contributed by atoms with Gasteiger partial charge in [-0.05, 0) is 30.7 Å². The minimum absolute atomic E-state index is 0.0363. The molecule has 6 nitrogen and oxygen atoms in total. The second-order valence-corrected chi connectivity index (χ2v) is 5.80. The zero-order valence-electron chi connectivity index (χ0n) is 12.8. The largest absolute Gasteiger partial charge is 0.486 e. The number of carbonyl (C=O) groups is 1. The van der Waals surface area contributed by atoms with Crippen molar-refractivity contribution >= 4 is 5.91 Å². The minimum Gasteiger partial charge on any atom is -0.486 e. The summed E-state index contributed by atoms with van der Waals surface area (Å²) in [7, 11) is 1.63. The van der Waals surface area contributed by atoms with E-state index < -0.39 is 5.41 Å². The van der Waals surface area contributed by atoms with Crippen molar-refractivity contribution in [2.75, 3.05) is 40.0 Å². The molecule has 0 saturated carbocycles. The summed E-state index contributed by atoms with van der Waals surface area (Å²) in [6.07, 6.45) is 0.799. The van der Waals surface area contributed by atoms with Crippen LogP contribution in [0.1, 0.15) is 12.0 Å². The summed E-state index contributed by atoms with van der Waals surface area (Å²) < 4.78 is 16.3. The molecule has 1 saturated heterocycles. The number of ether oxygens (including phenoxy) is 3. The highest BCUT2D eigenvalue weighted by Gasteiger charge is 2.41. The number of rotatable bonds is 5. The summed E-state index contributed by atoms with van der Waals surface area (Å²) in [4.78, 5) is 12.5. The quantitative estimate of drug-likeness (QED) is 0.838. The van der Waals surface area contributed by atoms with Crippen LogP contribution in [0.4, 0.5) is 0 Å². The molecule has 1 amide bonds. The van der Waals surface area contributed by atoms with Gasteiger partial charge in [0, 0.05) is 20.2 Å². The number of nitrogens with one attached hydrogen (secondary N) is 2. The second kappa shape index (κ2) is 6.54. The van der Waals surface area contributed by atoms with E-state index in [1.807, 2.05) is 18.2 Å². The van der Waals surface area contributed by atoms with Crippen molar-refractivity contribution in [1.29, 1.82) is 0 Å². The van der Waals surface area contributed by atoms with Crippen molar-refractivity contribution in [1.82, 2.24) is 10.6 Å². The van der Waals surface area contributed by atoms with Crippen molar-refractivity contribution in [3.63, 3.8) is 0 Å². The molecular weight excluding hydrogens is 284 g/mol. The molecule has 0 spiro atoms. The van der Waals surface area contributed by atoms with E-state index in [0.29, 0.717) is 32.9 Å². The van der Waals surface area contributed by atoms with Gasteiger partial charge < -0.3 is 24.8 Å². The highest BCUT2D eigenvalue weighted by atomic mass is 16.6. The molecule has 1 aromatic rings. The maximum atomic E-state index is 12.5. The Morgan fingerprint density at radius 2 is 2.18 bits per heavy atom. The normalized spacial score (nSPS) is 23.3. The Bertz CT molecular complexity index is 541. The number of hydrogen-bond donors (Lipinski definition) is 2. The third-order valence-corrected chi connectivity index (χ3v) is 4.21. The van der Waals surface area contributed by atoms with Gasteiger partial charge in [-0.15, -0.1) is 0 Å². The fourth-order valence-corrected chi connectivity index (χ4v) is 2.97. The summed E-state index contributed by atoms with van der Waals surface area (Å²) >= 11 is 0. The van der Waals surface area contributed by atoms with Crippen molar-refractivity contribution in [3.8, 4) is 11.5 Å². The molecule has 2 N–H and O–H groups in total. The molecule has 0 aromatic heterocycles. The summed E-state index contributed by atoms with van der Waals surface area (Å²) in [5, 5.41) is 6.26. The molecule has 1 aromatic carbocycles. The first-order valence-electron chi connectivity index (χ1n) is 7.60. The minimum atomic E-state index is -0.456. The number of carbonyl (C=O) groups excluding carboxylic acids is 1. The molecule has 0 radical (unpaired) electrons. The lowest BCUT2D eigenvalue weighted by atomic mass is 9.87. The fourth-order valence-electron chi connectivity index (χ4n) is 2.97. The Balaban J connectivity index is 1.63. The van der Waals surface area contributed by atoms with Gasteiger partial charge in [-0.3, -0.25) is 4.79 Å². The third kappa shape index (κ3) is 3.03. The van der Waals surface area contributed by atoms with Crippen LogP contribution in [-0.4, -0.2) is 45.9 Å². The molecule has 2 aliphatic rings. The fraction of sp³-hybridized carbons (Fsp3) is 0.562. The van der Waals surface area contributed by atoms with E-state index in [2.05, 4.69) is 10.6 Å². The molecule has 2 aliphatic heterocycles. The molecule has 0 aliphatic carbocycles. The van der Waals surface area contributed by atoms with Crippen LogP contribution in [0.3, 0.4) is 0 Å². The van der Waals surface area contributed by atoms with Crippen LogP contribution >= 0.6 is 0 Å². The number of methoxy groups -OCH3 is 1. The van der Waals surface area contributed by atoms with E-state index >= 15 is 0 Å². The van der Waals surface area contributed by atoms with Crippen LogP contribution in [0.5, 0.6) is 11.5 Å². The van der Waals surface area contributed by atoms with Gasteiger partial charge in [0.05, 0.1) is 12.0 Å². The van der Waals surface area contributed by atoms with Gasteiger partial charge in [0.15, 0.2) is 11.5 Å². The van der Waals surface area contributed by atoms with Crippen molar-refractivity contribution in [2.45, 2.75) is 13.0 Å². The first kappa shape index (κ1) is 15.1. The molecule has 6 heteroatoms. The maximum Gasteiger partial charge on any atom is 0.230 e. The van der Waals surface area contributed by atoms with Gasteiger partial charge in [-0.25, -0.2) is 0 Å². The van der Waals surface area contributed by atoms with Crippen LogP contribution < -0.4 is 20.1 Å². The number of fused-ring (bicyclic) bond motifs is 1. The van der Waals surface area contributed by atoms with E-state index in [-0.39, 0.29) is 5.91 Å². The molecular formula is C16H22N2O4. The van der Waals surface area contributed by atoms with E-state index in [1.54, 1.807) is 7.11 Å². The second-order valence-electron chi connectivity index (χ2n) is 5.80. The molecule has 120 valence electrons. The van der Waals surface area contributed by atoms with E-state index in [1.165, 1.54) is 0 Å². The summed E-state index contributed by atoms with van der Waals surface area (Å²) in [6.45, 7) is 3.56. The molecule has 1 unspecified atom stereocenters. The van der Waals surface area contributed by atoms with Crippen LogP contribution in [0, 0.1) is 5.41 Å². The monoisotopic (exact) mass is 306 g/mol. The van der Waals surface area contributed by atoms with Gasteiger partial charge in [0.2, 0.25) is 5.91 Å². The lowest BCUT2D eigenvalue weighted by Gasteiger charge is -2.26. The zero-order chi connectivity index (χ0) is 15.4. The summed E-state index contributed by atoms with van der Waals surface area (Å²) in [5.41, 5.74) is 0.541. The maximum absolute atomic E-state index is 12.5. The predicted octanol–water partition coefficient (Wildman–Crippen LogP) is 0.700. The lowest BCUT2D eigenvalue weighted by Crippen LogP contribution is -2.45. The number of benzene rings is 1. The van der Waals surface area contributed by atoms with Crippen LogP contribution in [-0.2, 0) is 16.1 Å². The van der Waals surface area contributed by atoms with Crippen molar-refractivity contribution in [2.24, 2.45) is 5.41 Å². The van der Waals surface area contributed by atoms with Gasteiger partial charge in [-0.2, -0.15) is 0 Å². The molecule has 3 rings (SSSR count). The molecule has 22 heavy (non-hydrogen) atoms. The lowest BCUT2D eigenvalue weighted by molar-refractivity contribution is -0.133. The van der Waals surface area contributed by atoms with Crippen molar-refractivity contribution < 1.29 is 19.0 Å². The molecule has 2 heterocycles.